The highest BCUT2D eigenvalue weighted by atomic mass is 16.5. The van der Waals surface area contributed by atoms with Crippen molar-refractivity contribution in [3.05, 3.63) is 65.4 Å². The first kappa shape index (κ1) is 27.4. The molecule has 2 fully saturated rings. The van der Waals surface area contributed by atoms with Gasteiger partial charge in [0.15, 0.2) is 0 Å². The molecule has 0 bridgehead atoms. The Morgan fingerprint density at radius 2 is 1.87 bits per heavy atom. The van der Waals surface area contributed by atoms with Crippen molar-refractivity contribution in [2.75, 3.05) is 32.1 Å². The van der Waals surface area contributed by atoms with Gasteiger partial charge in [-0.1, -0.05) is 30.3 Å². The van der Waals surface area contributed by atoms with Crippen LogP contribution in [0.1, 0.15) is 61.3 Å². The number of nitrogens with two attached hydrogens (primary N) is 1. The number of likely N-dealkylation sites (tertiary alicyclic amines) is 1. The van der Waals surface area contributed by atoms with Gasteiger partial charge in [0.05, 0.1) is 0 Å². The number of nitrogens with zero attached hydrogens (tertiary/aromatic N) is 2. The lowest BCUT2D eigenvalue weighted by atomic mass is 9.91. The molecule has 7 nitrogen and oxygen atoms in total. The first-order chi connectivity index (χ1) is 18.9. The molecule has 1 aromatic heterocycles. The number of methoxy groups -OCH3 is 1. The van der Waals surface area contributed by atoms with Crippen LogP contribution in [0.3, 0.4) is 0 Å². The SMILES string of the molecule is COCCCn1c(C2CCCN(C(=O)C[C@H](N)Cc3ccc(NC(=O)C4CC4)cc3)C2)c(C)c2ccccc21. The van der Waals surface area contributed by atoms with E-state index >= 15 is 0 Å². The first-order valence-electron chi connectivity index (χ1n) is 14.4. The van der Waals surface area contributed by atoms with Crippen LogP contribution in [0.4, 0.5) is 5.69 Å². The standard InChI is InChI=1S/C32H42N4O3/c1-22-28-8-3-4-9-29(28)36(17-6-18-39-2)31(22)25-7-5-16-35(21-25)30(37)20-26(33)19-23-10-14-27(15-11-23)34-32(38)24-12-13-24/h3-4,8-11,14-15,24-26H,5-7,12-13,16-21,33H2,1-2H3,(H,34,38)/t25?,26-/m1/s1. The molecule has 0 radical (unpaired) electrons. The van der Waals surface area contributed by atoms with Crippen LogP contribution in [0.25, 0.3) is 10.9 Å². The minimum atomic E-state index is -0.244. The van der Waals surface area contributed by atoms with Crippen LogP contribution in [0.2, 0.25) is 0 Å². The van der Waals surface area contributed by atoms with Gasteiger partial charge in [-0.25, -0.2) is 0 Å². The summed E-state index contributed by atoms with van der Waals surface area (Å²) >= 11 is 0. The van der Waals surface area contributed by atoms with Gasteiger partial charge < -0.3 is 25.3 Å². The maximum absolute atomic E-state index is 13.3. The summed E-state index contributed by atoms with van der Waals surface area (Å²) in [4.78, 5) is 27.4. The Hall–Kier alpha value is -3.16. The zero-order valence-electron chi connectivity index (χ0n) is 23.3. The van der Waals surface area contributed by atoms with Crippen molar-refractivity contribution in [3.63, 3.8) is 0 Å². The summed E-state index contributed by atoms with van der Waals surface area (Å²) in [6, 6.07) is 16.2. The number of amides is 2. The third kappa shape index (κ3) is 6.53. The van der Waals surface area contributed by atoms with Gasteiger partial charge in [0.25, 0.3) is 0 Å². The van der Waals surface area contributed by atoms with Crippen LogP contribution in [0.5, 0.6) is 0 Å². The molecule has 1 aliphatic heterocycles. The molecule has 3 aromatic rings. The molecule has 5 rings (SSSR count). The summed E-state index contributed by atoms with van der Waals surface area (Å²) in [6.45, 7) is 5.40. The number of aryl methyl sites for hydroxylation is 2. The highest BCUT2D eigenvalue weighted by Gasteiger charge is 2.30. The first-order valence-corrected chi connectivity index (χ1v) is 14.4. The number of hydrogen-bond donors (Lipinski definition) is 2. The molecule has 1 aliphatic carbocycles. The molecular weight excluding hydrogens is 488 g/mol. The Morgan fingerprint density at radius 1 is 1.10 bits per heavy atom. The molecule has 1 saturated carbocycles. The van der Waals surface area contributed by atoms with Crippen molar-refractivity contribution in [3.8, 4) is 0 Å². The van der Waals surface area contributed by atoms with E-state index in [-0.39, 0.29) is 23.8 Å². The minimum absolute atomic E-state index is 0.107. The minimum Gasteiger partial charge on any atom is -0.385 e. The second-order valence-corrected chi connectivity index (χ2v) is 11.3. The number of aromatic nitrogens is 1. The third-order valence-corrected chi connectivity index (χ3v) is 8.27. The highest BCUT2D eigenvalue weighted by Crippen LogP contribution is 2.36. The third-order valence-electron chi connectivity index (χ3n) is 8.27. The van der Waals surface area contributed by atoms with E-state index in [9.17, 15) is 9.59 Å². The van der Waals surface area contributed by atoms with Crippen LogP contribution in [0.15, 0.2) is 48.5 Å². The van der Waals surface area contributed by atoms with E-state index < -0.39 is 0 Å². The molecule has 39 heavy (non-hydrogen) atoms. The van der Waals surface area contributed by atoms with Crippen LogP contribution >= 0.6 is 0 Å². The Labute approximate surface area is 231 Å². The molecule has 7 heteroatoms. The second kappa shape index (κ2) is 12.3. The molecule has 2 aromatic carbocycles. The van der Waals surface area contributed by atoms with E-state index in [2.05, 4.69) is 41.1 Å². The number of ether oxygens (including phenoxy) is 1. The van der Waals surface area contributed by atoms with Gasteiger partial charge in [0.1, 0.15) is 0 Å². The number of para-hydroxylation sites is 1. The second-order valence-electron chi connectivity index (χ2n) is 11.3. The molecule has 208 valence electrons. The number of hydrogen-bond acceptors (Lipinski definition) is 4. The van der Waals surface area contributed by atoms with Crippen LogP contribution in [0, 0.1) is 12.8 Å². The van der Waals surface area contributed by atoms with Gasteiger partial charge in [-0.05, 0) is 74.8 Å². The molecule has 3 N–H and O–H groups in total. The fourth-order valence-corrected chi connectivity index (χ4v) is 6.10. The van der Waals surface area contributed by atoms with Gasteiger partial charge in [-0.3, -0.25) is 9.59 Å². The lowest BCUT2D eigenvalue weighted by molar-refractivity contribution is -0.132. The lowest BCUT2D eigenvalue weighted by Gasteiger charge is -2.34. The Kier molecular flexibility index (Phi) is 8.68. The fourth-order valence-electron chi connectivity index (χ4n) is 6.10. The average molecular weight is 531 g/mol. The highest BCUT2D eigenvalue weighted by molar-refractivity contribution is 5.94. The number of benzene rings is 2. The number of nitrogens with one attached hydrogen (secondary N) is 1. The van der Waals surface area contributed by atoms with Crippen LogP contribution in [-0.4, -0.2) is 54.1 Å². The summed E-state index contributed by atoms with van der Waals surface area (Å²) in [5.74, 6) is 0.740. The van der Waals surface area contributed by atoms with E-state index in [0.29, 0.717) is 18.8 Å². The Bertz CT molecular complexity index is 1290. The number of rotatable bonds is 11. The topological polar surface area (TPSA) is 89.6 Å². The largest absolute Gasteiger partial charge is 0.385 e. The van der Waals surface area contributed by atoms with Gasteiger partial charge >= 0.3 is 0 Å². The molecule has 2 amide bonds. The van der Waals surface area contributed by atoms with Crippen LogP contribution < -0.4 is 11.1 Å². The van der Waals surface area contributed by atoms with E-state index in [1.807, 2.05) is 29.2 Å². The molecule has 2 atom stereocenters. The van der Waals surface area contributed by atoms with Gasteiger partial charge in [-0.2, -0.15) is 0 Å². The lowest BCUT2D eigenvalue weighted by Crippen LogP contribution is -2.42. The number of fused-ring (bicyclic) bond motifs is 1. The number of carbonyl (C=O) groups is 2. The van der Waals surface area contributed by atoms with Gasteiger partial charge in [-0.15, -0.1) is 0 Å². The molecule has 2 aliphatic rings. The molecule has 1 unspecified atom stereocenters. The van der Waals surface area contributed by atoms with Crippen LogP contribution in [-0.2, 0) is 27.3 Å². The Morgan fingerprint density at radius 3 is 2.62 bits per heavy atom. The van der Waals surface area contributed by atoms with Gasteiger partial charge in [0.2, 0.25) is 11.8 Å². The summed E-state index contributed by atoms with van der Waals surface area (Å²) in [6.07, 6.45) is 5.98. The van der Waals surface area contributed by atoms with Crippen molar-refractivity contribution in [2.45, 2.75) is 70.4 Å². The van der Waals surface area contributed by atoms with Crippen molar-refractivity contribution in [1.82, 2.24) is 9.47 Å². The van der Waals surface area contributed by atoms with E-state index in [1.54, 1.807) is 7.11 Å². The summed E-state index contributed by atoms with van der Waals surface area (Å²) in [5.41, 5.74) is 12.3. The molecular formula is C32H42N4O3. The normalized spacial score (nSPS) is 18.3. The van der Waals surface area contributed by atoms with Crippen molar-refractivity contribution in [2.24, 2.45) is 11.7 Å². The van der Waals surface area contributed by atoms with Crippen molar-refractivity contribution < 1.29 is 14.3 Å². The van der Waals surface area contributed by atoms with E-state index in [0.717, 1.165) is 69.6 Å². The average Bonchev–Trinajstić information content (AvgIpc) is 3.76. The molecule has 1 saturated heterocycles. The monoisotopic (exact) mass is 530 g/mol. The number of anilines is 1. The maximum atomic E-state index is 13.3. The van der Waals surface area contributed by atoms with Crippen molar-refractivity contribution >= 4 is 28.4 Å². The maximum Gasteiger partial charge on any atom is 0.227 e. The molecule has 0 spiro atoms. The zero-order valence-corrected chi connectivity index (χ0v) is 23.3. The summed E-state index contributed by atoms with van der Waals surface area (Å²) in [5, 5.41) is 4.27. The predicted molar refractivity (Wildman–Crippen MR) is 156 cm³/mol. The van der Waals surface area contributed by atoms with Crippen molar-refractivity contribution in [1.29, 1.82) is 0 Å². The Balaban J connectivity index is 1.21. The fraction of sp³-hybridized carbons (Fsp3) is 0.500. The van der Waals surface area contributed by atoms with Gasteiger partial charge in [0, 0.05) is 79.9 Å². The zero-order chi connectivity index (χ0) is 27.4. The quantitative estimate of drug-likeness (QED) is 0.342. The van der Waals surface area contributed by atoms with E-state index in [1.165, 1.54) is 22.2 Å². The smallest absolute Gasteiger partial charge is 0.227 e. The number of carbonyl (C=O) groups excluding carboxylic acids is 2. The predicted octanol–water partition coefficient (Wildman–Crippen LogP) is 5.00. The number of piperidine rings is 1. The molecule has 2 heterocycles. The summed E-state index contributed by atoms with van der Waals surface area (Å²) in [7, 11) is 1.75. The van der Waals surface area contributed by atoms with E-state index in [4.69, 9.17) is 10.5 Å². The summed E-state index contributed by atoms with van der Waals surface area (Å²) < 4.78 is 7.80.